The van der Waals surface area contributed by atoms with Crippen LogP contribution in [0.4, 0.5) is 0 Å². The number of carboxylic acids is 1. The van der Waals surface area contributed by atoms with E-state index in [0.29, 0.717) is 12.8 Å². The summed E-state index contributed by atoms with van der Waals surface area (Å²) in [7, 11) is 0. The van der Waals surface area contributed by atoms with Crippen LogP contribution in [0.3, 0.4) is 0 Å². The predicted octanol–water partition coefficient (Wildman–Crippen LogP) is 0.363. The van der Waals surface area contributed by atoms with Crippen molar-refractivity contribution < 1.29 is 14.7 Å². The van der Waals surface area contributed by atoms with Gasteiger partial charge in [0.15, 0.2) is 0 Å². The Balaban J connectivity index is 3.39. The van der Waals surface area contributed by atoms with Crippen molar-refractivity contribution >= 4 is 11.9 Å². The second-order valence-corrected chi connectivity index (χ2v) is 2.59. The van der Waals surface area contributed by atoms with Gasteiger partial charge in [0.1, 0.15) is 0 Å². The number of carboxylic acid groups (broad SMARTS) is 1. The van der Waals surface area contributed by atoms with Crippen molar-refractivity contribution in [2.24, 2.45) is 11.7 Å². The van der Waals surface area contributed by atoms with Crippen LogP contribution in [0.1, 0.15) is 26.2 Å². The molecule has 4 heteroatoms. The Morgan fingerprint density at radius 3 is 2.45 bits per heavy atom. The lowest BCUT2D eigenvalue weighted by Crippen LogP contribution is -2.20. The first kappa shape index (κ1) is 9.94. The minimum Gasteiger partial charge on any atom is -0.481 e. The first-order valence-electron chi connectivity index (χ1n) is 3.55. The van der Waals surface area contributed by atoms with Crippen molar-refractivity contribution in [1.82, 2.24) is 0 Å². The van der Waals surface area contributed by atoms with E-state index in [9.17, 15) is 9.59 Å². The van der Waals surface area contributed by atoms with Crippen LogP contribution in [0.2, 0.25) is 0 Å². The summed E-state index contributed by atoms with van der Waals surface area (Å²) >= 11 is 0. The second kappa shape index (κ2) is 4.71. The van der Waals surface area contributed by atoms with Crippen LogP contribution < -0.4 is 5.73 Å². The smallest absolute Gasteiger partial charge is 0.303 e. The van der Waals surface area contributed by atoms with Crippen LogP contribution in [0.25, 0.3) is 0 Å². The molecule has 11 heavy (non-hydrogen) atoms. The van der Waals surface area contributed by atoms with Gasteiger partial charge in [-0.05, 0) is 12.8 Å². The van der Waals surface area contributed by atoms with Crippen molar-refractivity contribution in [2.45, 2.75) is 26.2 Å². The molecule has 3 N–H and O–H groups in total. The van der Waals surface area contributed by atoms with Crippen LogP contribution in [-0.2, 0) is 9.59 Å². The number of rotatable bonds is 5. The van der Waals surface area contributed by atoms with Gasteiger partial charge in [-0.2, -0.15) is 0 Å². The Morgan fingerprint density at radius 2 is 2.09 bits per heavy atom. The molecule has 0 aliphatic heterocycles. The van der Waals surface area contributed by atoms with Gasteiger partial charge in [-0.1, -0.05) is 6.92 Å². The molecule has 0 heterocycles. The Hall–Kier alpha value is -1.06. The summed E-state index contributed by atoms with van der Waals surface area (Å²) in [4.78, 5) is 20.5. The predicted molar refractivity (Wildman–Crippen MR) is 39.8 cm³/mol. The molecule has 0 spiro atoms. The first-order chi connectivity index (χ1) is 5.04. The molecule has 0 saturated carbocycles. The average molecular weight is 159 g/mol. The molecule has 0 aliphatic rings. The highest BCUT2D eigenvalue weighted by atomic mass is 16.4. The number of hydrogen-bond acceptors (Lipinski definition) is 2. The molecule has 0 unspecified atom stereocenters. The largest absolute Gasteiger partial charge is 0.481 e. The van der Waals surface area contributed by atoms with E-state index in [-0.39, 0.29) is 18.2 Å². The molecule has 0 radical (unpaired) electrons. The Kier molecular flexibility index (Phi) is 4.26. The van der Waals surface area contributed by atoms with Gasteiger partial charge in [0.25, 0.3) is 0 Å². The van der Waals surface area contributed by atoms with E-state index < -0.39 is 5.97 Å². The van der Waals surface area contributed by atoms with Crippen LogP contribution >= 0.6 is 0 Å². The van der Waals surface area contributed by atoms with Gasteiger partial charge < -0.3 is 10.8 Å². The normalized spacial score (nSPS) is 12.5. The second-order valence-electron chi connectivity index (χ2n) is 2.59. The van der Waals surface area contributed by atoms with Gasteiger partial charge in [0.05, 0.1) is 0 Å². The summed E-state index contributed by atoms with van der Waals surface area (Å²) in [5.74, 6) is -1.41. The maximum atomic E-state index is 10.4. The highest BCUT2D eigenvalue weighted by Crippen LogP contribution is 2.06. The van der Waals surface area contributed by atoms with Crippen LogP contribution in [0.5, 0.6) is 0 Å². The lowest BCUT2D eigenvalue weighted by Gasteiger charge is -2.03. The molecule has 64 valence electrons. The number of aliphatic carboxylic acids is 1. The number of nitrogens with two attached hydrogens (primary N) is 1. The van der Waals surface area contributed by atoms with E-state index in [0.717, 1.165) is 0 Å². The third kappa shape index (κ3) is 5.39. The monoisotopic (exact) mass is 159 g/mol. The summed E-state index contributed by atoms with van der Waals surface area (Å²) in [6.07, 6.45) is 1.18. The fourth-order valence-electron chi connectivity index (χ4n) is 0.702. The van der Waals surface area contributed by atoms with Crippen molar-refractivity contribution in [3.63, 3.8) is 0 Å². The van der Waals surface area contributed by atoms with Gasteiger partial charge >= 0.3 is 5.97 Å². The van der Waals surface area contributed by atoms with E-state index in [1.807, 2.05) is 0 Å². The number of hydrogen-bond donors (Lipinski definition) is 2. The molecule has 0 aliphatic carbocycles. The van der Waals surface area contributed by atoms with Crippen LogP contribution in [0, 0.1) is 5.92 Å². The first-order valence-corrected chi connectivity index (χ1v) is 3.55. The fourth-order valence-corrected chi connectivity index (χ4v) is 0.702. The van der Waals surface area contributed by atoms with E-state index in [4.69, 9.17) is 10.8 Å². The maximum absolute atomic E-state index is 10.4. The maximum Gasteiger partial charge on any atom is 0.303 e. The molecule has 1 atom stereocenters. The average Bonchev–Trinajstić information content (AvgIpc) is 1.86. The highest BCUT2D eigenvalue weighted by molar-refractivity contribution is 5.76. The molecular formula is C7H13NO3. The molecule has 0 saturated heterocycles. The molecule has 0 aromatic heterocycles. The molecule has 0 aromatic rings. The summed E-state index contributed by atoms with van der Waals surface area (Å²) in [5.41, 5.74) is 4.97. The summed E-state index contributed by atoms with van der Waals surface area (Å²) in [6, 6.07) is 0. The number of carbonyl (C=O) groups is 2. The Morgan fingerprint density at radius 1 is 1.55 bits per heavy atom. The Bertz CT molecular complexity index is 156. The van der Waals surface area contributed by atoms with E-state index in [1.165, 1.54) is 0 Å². The zero-order valence-corrected chi connectivity index (χ0v) is 6.54. The van der Waals surface area contributed by atoms with E-state index in [2.05, 4.69) is 0 Å². The number of carbonyl (C=O) groups excluding carboxylic acids is 1. The standard InChI is InChI=1S/C7H13NO3/c1-5(7(8)11)3-2-4-6(9)10/h5H,2-4H2,1H3,(H2,8,11)(H,9,10)/t5-/m1/s1. The van der Waals surface area contributed by atoms with E-state index >= 15 is 0 Å². The van der Waals surface area contributed by atoms with Gasteiger partial charge in [0.2, 0.25) is 5.91 Å². The minimum absolute atomic E-state index is 0.109. The topological polar surface area (TPSA) is 80.4 Å². The summed E-state index contributed by atoms with van der Waals surface area (Å²) in [6.45, 7) is 1.70. The Labute approximate surface area is 65.4 Å². The van der Waals surface area contributed by atoms with Gasteiger partial charge in [-0.15, -0.1) is 0 Å². The molecular weight excluding hydrogens is 146 g/mol. The van der Waals surface area contributed by atoms with Crippen molar-refractivity contribution in [1.29, 1.82) is 0 Å². The fraction of sp³-hybridized carbons (Fsp3) is 0.714. The molecule has 0 aromatic carbocycles. The number of primary amides is 1. The summed E-state index contributed by atoms with van der Waals surface area (Å²) in [5, 5.41) is 8.25. The summed E-state index contributed by atoms with van der Waals surface area (Å²) < 4.78 is 0. The molecule has 4 nitrogen and oxygen atoms in total. The molecule has 0 rings (SSSR count). The van der Waals surface area contributed by atoms with Gasteiger partial charge in [0, 0.05) is 12.3 Å². The quantitative estimate of drug-likeness (QED) is 0.607. The van der Waals surface area contributed by atoms with Crippen molar-refractivity contribution in [3.8, 4) is 0 Å². The zero-order valence-electron chi connectivity index (χ0n) is 6.54. The minimum atomic E-state index is -0.832. The number of amides is 1. The third-order valence-corrected chi connectivity index (χ3v) is 1.51. The lowest BCUT2D eigenvalue weighted by molar-refractivity contribution is -0.137. The van der Waals surface area contributed by atoms with Gasteiger partial charge in [-0.3, -0.25) is 9.59 Å². The van der Waals surface area contributed by atoms with Crippen molar-refractivity contribution in [2.75, 3.05) is 0 Å². The highest BCUT2D eigenvalue weighted by Gasteiger charge is 2.08. The van der Waals surface area contributed by atoms with E-state index in [1.54, 1.807) is 6.92 Å². The molecule has 0 bridgehead atoms. The third-order valence-electron chi connectivity index (χ3n) is 1.51. The lowest BCUT2D eigenvalue weighted by atomic mass is 10.0. The van der Waals surface area contributed by atoms with Crippen LogP contribution in [0.15, 0.2) is 0 Å². The molecule has 1 amide bonds. The SMILES string of the molecule is C[C@H](CCCC(=O)O)C(N)=O. The van der Waals surface area contributed by atoms with Gasteiger partial charge in [-0.25, -0.2) is 0 Å². The molecule has 0 fully saturated rings. The zero-order chi connectivity index (χ0) is 8.85. The van der Waals surface area contributed by atoms with Crippen LogP contribution in [-0.4, -0.2) is 17.0 Å². The van der Waals surface area contributed by atoms with Crippen molar-refractivity contribution in [3.05, 3.63) is 0 Å².